The van der Waals surface area contributed by atoms with E-state index in [1.54, 1.807) is 18.7 Å². The lowest BCUT2D eigenvalue weighted by atomic mass is 10.7. The first kappa shape index (κ1) is 11.5. The van der Waals surface area contributed by atoms with Crippen LogP contribution in [0.25, 0.3) is 0 Å². The van der Waals surface area contributed by atoms with Gasteiger partial charge < -0.3 is 8.94 Å². The zero-order valence-corrected chi connectivity index (χ0v) is 10.5. The number of aryl methyl sites for hydroxylation is 1. The number of thioether (sulfide) groups is 2. The van der Waals surface area contributed by atoms with Crippen molar-refractivity contribution in [3.8, 4) is 0 Å². The molecule has 16 heavy (non-hydrogen) atoms. The average molecular weight is 258 g/mol. The van der Waals surface area contributed by atoms with Crippen LogP contribution in [0.5, 0.6) is 0 Å². The van der Waals surface area contributed by atoms with Crippen molar-refractivity contribution in [2.24, 2.45) is 0 Å². The molecule has 0 aliphatic carbocycles. The summed E-state index contributed by atoms with van der Waals surface area (Å²) < 4.78 is 10.2. The second-order valence-corrected chi connectivity index (χ2v) is 4.71. The largest absolute Gasteiger partial charge is 0.415 e. The number of hydrogen-bond acceptors (Lipinski definition) is 8. The summed E-state index contributed by atoms with van der Waals surface area (Å²) >= 11 is 3.04. The SMILES string of the molecule is CSCc1nnc(SCc2noc(C)n2)o1. The van der Waals surface area contributed by atoms with Crippen LogP contribution < -0.4 is 0 Å². The van der Waals surface area contributed by atoms with Crippen molar-refractivity contribution in [3.05, 3.63) is 17.6 Å². The summed E-state index contributed by atoms with van der Waals surface area (Å²) in [6.45, 7) is 1.75. The topological polar surface area (TPSA) is 77.8 Å². The minimum Gasteiger partial charge on any atom is -0.415 e. The van der Waals surface area contributed by atoms with Crippen LogP contribution in [-0.4, -0.2) is 26.6 Å². The lowest BCUT2D eigenvalue weighted by molar-refractivity contribution is 0.389. The zero-order chi connectivity index (χ0) is 11.4. The molecule has 0 bridgehead atoms. The van der Waals surface area contributed by atoms with Crippen molar-refractivity contribution in [1.29, 1.82) is 0 Å². The van der Waals surface area contributed by atoms with E-state index in [0.29, 0.717) is 28.6 Å². The van der Waals surface area contributed by atoms with E-state index in [1.165, 1.54) is 11.8 Å². The van der Waals surface area contributed by atoms with Crippen LogP contribution in [0.3, 0.4) is 0 Å². The van der Waals surface area contributed by atoms with Gasteiger partial charge in [-0.3, -0.25) is 0 Å². The van der Waals surface area contributed by atoms with Crippen molar-refractivity contribution in [2.75, 3.05) is 6.26 Å². The molecule has 0 fully saturated rings. The lowest BCUT2D eigenvalue weighted by Gasteiger charge is -1.89. The summed E-state index contributed by atoms with van der Waals surface area (Å²) in [6.07, 6.45) is 1.99. The predicted molar refractivity (Wildman–Crippen MR) is 60.1 cm³/mol. The Labute approximate surface area is 101 Å². The summed E-state index contributed by atoms with van der Waals surface area (Å²) in [5, 5.41) is 12.1. The molecule has 8 heteroatoms. The molecule has 0 N–H and O–H groups in total. The summed E-state index contributed by atoms with van der Waals surface area (Å²) in [6, 6.07) is 0. The van der Waals surface area contributed by atoms with Gasteiger partial charge >= 0.3 is 0 Å². The Hall–Kier alpha value is -1.02. The zero-order valence-electron chi connectivity index (χ0n) is 8.84. The summed E-state index contributed by atoms with van der Waals surface area (Å²) in [5.41, 5.74) is 0. The molecule has 0 aliphatic heterocycles. The first-order chi connectivity index (χ1) is 7.78. The first-order valence-electron chi connectivity index (χ1n) is 4.51. The highest BCUT2D eigenvalue weighted by atomic mass is 32.2. The van der Waals surface area contributed by atoms with E-state index in [2.05, 4.69) is 20.3 Å². The van der Waals surface area contributed by atoms with Gasteiger partial charge in [-0.1, -0.05) is 16.9 Å². The van der Waals surface area contributed by atoms with Crippen LogP contribution in [0.4, 0.5) is 0 Å². The highest BCUT2D eigenvalue weighted by Crippen LogP contribution is 2.21. The third kappa shape index (κ3) is 2.99. The number of aromatic nitrogens is 4. The molecule has 0 aromatic carbocycles. The molecular formula is C8H10N4O2S2. The fraction of sp³-hybridized carbons (Fsp3) is 0.500. The number of nitrogens with zero attached hydrogens (tertiary/aromatic N) is 4. The minimum absolute atomic E-state index is 0.534. The van der Waals surface area contributed by atoms with Gasteiger partial charge in [0.15, 0.2) is 5.82 Å². The molecule has 0 saturated carbocycles. The van der Waals surface area contributed by atoms with Crippen molar-refractivity contribution in [3.63, 3.8) is 0 Å². The first-order valence-corrected chi connectivity index (χ1v) is 6.89. The molecular weight excluding hydrogens is 248 g/mol. The van der Waals surface area contributed by atoms with Crippen molar-refractivity contribution in [1.82, 2.24) is 20.3 Å². The Morgan fingerprint density at radius 1 is 1.25 bits per heavy atom. The second-order valence-electron chi connectivity index (χ2n) is 2.91. The maximum atomic E-state index is 5.39. The van der Waals surface area contributed by atoms with Gasteiger partial charge in [0.1, 0.15) is 0 Å². The highest BCUT2D eigenvalue weighted by molar-refractivity contribution is 7.98. The fourth-order valence-electron chi connectivity index (χ4n) is 1.00. The van der Waals surface area contributed by atoms with E-state index in [1.807, 2.05) is 6.26 Å². The second kappa shape index (κ2) is 5.35. The summed E-state index contributed by atoms with van der Waals surface area (Å²) in [4.78, 5) is 4.08. The minimum atomic E-state index is 0.534. The van der Waals surface area contributed by atoms with Crippen molar-refractivity contribution >= 4 is 23.5 Å². The van der Waals surface area contributed by atoms with E-state index >= 15 is 0 Å². The van der Waals surface area contributed by atoms with Crippen molar-refractivity contribution < 1.29 is 8.94 Å². The third-order valence-electron chi connectivity index (χ3n) is 1.61. The van der Waals surface area contributed by atoms with Gasteiger partial charge in [0, 0.05) is 6.92 Å². The van der Waals surface area contributed by atoms with Gasteiger partial charge in [-0.05, 0) is 6.26 Å². The van der Waals surface area contributed by atoms with E-state index in [4.69, 9.17) is 8.94 Å². The third-order valence-corrected chi connectivity index (χ3v) is 2.96. The van der Waals surface area contributed by atoms with Crippen molar-refractivity contribution in [2.45, 2.75) is 23.7 Å². The molecule has 86 valence electrons. The van der Waals surface area contributed by atoms with E-state index < -0.39 is 0 Å². The molecule has 2 aromatic heterocycles. The number of hydrogen-bond donors (Lipinski definition) is 0. The predicted octanol–water partition coefficient (Wildman–Crippen LogP) is 1.92. The quantitative estimate of drug-likeness (QED) is 0.753. The Morgan fingerprint density at radius 2 is 2.12 bits per heavy atom. The van der Waals surface area contributed by atoms with Crippen LogP contribution in [0.1, 0.15) is 17.6 Å². The van der Waals surface area contributed by atoms with Gasteiger partial charge in [0.05, 0.1) is 11.5 Å². The average Bonchev–Trinajstić information content (AvgIpc) is 2.85. The molecule has 0 aliphatic rings. The molecule has 0 amide bonds. The van der Waals surface area contributed by atoms with Crippen LogP contribution in [0.15, 0.2) is 14.2 Å². The standard InChI is InChI=1S/C8H10N4O2S2/c1-5-9-6(12-14-5)3-16-8-11-10-7(13-8)4-15-2/h3-4H2,1-2H3. The Bertz CT molecular complexity index is 456. The molecule has 2 heterocycles. The van der Waals surface area contributed by atoms with E-state index in [0.717, 1.165) is 5.75 Å². The maximum Gasteiger partial charge on any atom is 0.277 e. The fourth-order valence-corrected chi connectivity index (χ4v) is 1.99. The Balaban J connectivity index is 1.89. The molecule has 0 spiro atoms. The molecule has 0 radical (unpaired) electrons. The molecule has 6 nitrogen and oxygen atoms in total. The highest BCUT2D eigenvalue weighted by Gasteiger charge is 2.08. The lowest BCUT2D eigenvalue weighted by Crippen LogP contribution is -1.83. The van der Waals surface area contributed by atoms with Gasteiger partial charge in [0.2, 0.25) is 11.8 Å². The summed E-state index contributed by atoms with van der Waals surface area (Å²) in [5.74, 6) is 3.13. The molecule has 0 unspecified atom stereocenters. The normalized spacial score (nSPS) is 10.9. The van der Waals surface area contributed by atoms with Crippen LogP contribution in [-0.2, 0) is 11.5 Å². The van der Waals surface area contributed by atoms with E-state index in [9.17, 15) is 0 Å². The Kier molecular flexibility index (Phi) is 3.83. The maximum absolute atomic E-state index is 5.39. The molecule has 0 atom stereocenters. The monoisotopic (exact) mass is 258 g/mol. The smallest absolute Gasteiger partial charge is 0.277 e. The van der Waals surface area contributed by atoms with Gasteiger partial charge in [0.25, 0.3) is 5.22 Å². The van der Waals surface area contributed by atoms with Gasteiger partial charge in [-0.2, -0.15) is 16.7 Å². The summed E-state index contributed by atoms with van der Waals surface area (Å²) in [7, 11) is 0. The van der Waals surface area contributed by atoms with E-state index in [-0.39, 0.29) is 0 Å². The van der Waals surface area contributed by atoms with Gasteiger partial charge in [-0.15, -0.1) is 10.2 Å². The van der Waals surface area contributed by atoms with Crippen LogP contribution in [0, 0.1) is 6.92 Å². The molecule has 2 rings (SSSR count). The number of rotatable bonds is 5. The Morgan fingerprint density at radius 3 is 2.81 bits per heavy atom. The van der Waals surface area contributed by atoms with Crippen LogP contribution >= 0.6 is 23.5 Å². The molecule has 2 aromatic rings. The molecule has 0 saturated heterocycles. The van der Waals surface area contributed by atoms with Crippen LogP contribution in [0.2, 0.25) is 0 Å². The van der Waals surface area contributed by atoms with Gasteiger partial charge in [-0.25, -0.2) is 0 Å².